The molecule has 0 N–H and O–H groups in total. The molecule has 0 aliphatic rings. The number of benzene rings is 4. The van der Waals surface area contributed by atoms with E-state index in [0.29, 0.717) is 0 Å². The van der Waals surface area contributed by atoms with Gasteiger partial charge in [0.2, 0.25) is 0 Å². The highest BCUT2D eigenvalue weighted by Gasteiger charge is 2.20. The molecule has 0 aliphatic heterocycles. The van der Waals surface area contributed by atoms with Crippen molar-refractivity contribution in [2.45, 2.75) is 6.92 Å². The summed E-state index contributed by atoms with van der Waals surface area (Å²) in [6, 6.07) is 43.9. The summed E-state index contributed by atoms with van der Waals surface area (Å²) >= 11 is 0. The Kier molecular flexibility index (Phi) is 7.25. The molecule has 30 heavy (non-hydrogen) atoms. The predicted octanol–water partition coefficient (Wildman–Crippen LogP) is 6.95. The van der Waals surface area contributed by atoms with Crippen molar-refractivity contribution in [1.82, 2.24) is 0 Å². The van der Waals surface area contributed by atoms with Crippen LogP contribution in [-0.4, -0.2) is 6.16 Å². The van der Waals surface area contributed by atoms with Gasteiger partial charge in [0.05, 0.1) is 0 Å². The van der Waals surface area contributed by atoms with Gasteiger partial charge in [-0.1, -0.05) is 128 Å². The van der Waals surface area contributed by atoms with Crippen LogP contribution in [0.25, 0.3) is 5.31 Å². The van der Waals surface area contributed by atoms with Crippen LogP contribution in [0, 0.1) is 0 Å². The molecule has 0 spiro atoms. The lowest BCUT2D eigenvalue weighted by atomic mass is 10.2. The summed E-state index contributed by atoms with van der Waals surface area (Å²) in [7, 11) is -1.02. The highest BCUT2D eigenvalue weighted by molar-refractivity contribution is 7.80. The van der Waals surface area contributed by atoms with Gasteiger partial charge in [0.15, 0.2) is 0 Å². The van der Waals surface area contributed by atoms with Crippen LogP contribution in [0.4, 0.5) is 0 Å². The number of hydrogen-bond donors (Lipinski definition) is 0. The Balaban J connectivity index is 1.89. The smallest absolute Gasteiger partial charge is 0.0112 e. The molecule has 0 bridgehead atoms. The van der Waals surface area contributed by atoms with Gasteiger partial charge in [-0.05, 0) is 54.6 Å². The summed E-state index contributed by atoms with van der Waals surface area (Å²) in [5.41, 5.74) is 1.34. The Morgan fingerprint density at radius 2 is 0.967 bits per heavy atom. The maximum absolute atomic E-state index is 2.58. The van der Waals surface area contributed by atoms with Crippen molar-refractivity contribution in [3.63, 3.8) is 0 Å². The number of hydrogen-bond acceptors (Lipinski definition) is 0. The lowest BCUT2D eigenvalue weighted by Crippen LogP contribution is -2.11. The van der Waals surface area contributed by atoms with Crippen LogP contribution >= 0.6 is 15.8 Å². The average Bonchev–Trinajstić information content (AvgIpc) is 2.84. The van der Waals surface area contributed by atoms with E-state index >= 15 is 0 Å². The second kappa shape index (κ2) is 10.5. The van der Waals surface area contributed by atoms with Gasteiger partial charge >= 0.3 is 0 Å². The molecular weight excluding hydrogens is 398 g/mol. The Hall–Kier alpha value is -2.52. The topological polar surface area (TPSA) is 0 Å². The molecule has 0 heterocycles. The van der Waals surface area contributed by atoms with Crippen molar-refractivity contribution < 1.29 is 0 Å². The van der Waals surface area contributed by atoms with Crippen molar-refractivity contribution in [3.05, 3.63) is 133 Å². The van der Waals surface area contributed by atoms with Crippen LogP contribution in [0.5, 0.6) is 0 Å². The largest absolute Gasteiger partial charge is 0.0622 e. The van der Waals surface area contributed by atoms with Crippen LogP contribution < -0.4 is 15.9 Å². The summed E-state index contributed by atoms with van der Waals surface area (Å²) < 4.78 is 0. The van der Waals surface area contributed by atoms with Gasteiger partial charge in [-0.3, -0.25) is 0 Å². The minimum atomic E-state index is -0.588. The third-order valence-electron chi connectivity index (χ3n) is 5.06. The molecule has 0 fully saturated rings. The lowest BCUT2D eigenvalue weighted by Gasteiger charge is -2.24. The first-order valence-corrected chi connectivity index (χ1v) is 13.3. The zero-order valence-corrected chi connectivity index (χ0v) is 19.0. The van der Waals surface area contributed by atoms with E-state index in [1.807, 2.05) is 0 Å². The van der Waals surface area contributed by atoms with Gasteiger partial charge < -0.3 is 0 Å². The Labute approximate surface area is 182 Å². The maximum Gasteiger partial charge on any atom is -0.0112 e. The zero-order chi connectivity index (χ0) is 20.6. The molecular formula is C28H26P2. The van der Waals surface area contributed by atoms with Crippen molar-refractivity contribution >= 4 is 37.1 Å². The summed E-state index contributed by atoms with van der Waals surface area (Å²) in [5, 5.41) is 5.72. The molecule has 0 aromatic heterocycles. The van der Waals surface area contributed by atoms with Gasteiger partial charge in [-0.25, -0.2) is 0 Å². The molecule has 0 amide bonds. The monoisotopic (exact) mass is 424 g/mol. The second-order valence-electron chi connectivity index (χ2n) is 7.00. The summed E-state index contributed by atoms with van der Waals surface area (Å²) in [6.07, 6.45) is 1.13. The van der Waals surface area contributed by atoms with Gasteiger partial charge in [0.1, 0.15) is 0 Å². The molecule has 0 nitrogen and oxygen atoms in total. The summed E-state index contributed by atoms with van der Waals surface area (Å²) in [4.78, 5) is 0. The van der Waals surface area contributed by atoms with Gasteiger partial charge in [0, 0.05) is 0 Å². The average molecular weight is 424 g/mol. The van der Waals surface area contributed by atoms with E-state index in [1.54, 1.807) is 0 Å². The van der Waals surface area contributed by atoms with E-state index < -0.39 is 15.8 Å². The standard InChI is InChI=1S/C28H26P2/c1-2-29(25-17-9-4-10-18-25)28(24-15-7-3-8-16-24)23-30(26-19-11-5-12-20-26)27-21-13-6-14-22-27/h3-23H,2H2,1H3/b28-23-. The minimum absolute atomic E-state index is 0.429. The highest BCUT2D eigenvalue weighted by Crippen LogP contribution is 2.53. The first-order chi connectivity index (χ1) is 14.9. The Bertz CT molecular complexity index is 1020. The van der Waals surface area contributed by atoms with Crippen molar-refractivity contribution in [3.8, 4) is 0 Å². The van der Waals surface area contributed by atoms with E-state index in [4.69, 9.17) is 0 Å². The third-order valence-corrected chi connectivity index (χ3v) is 10.0. The first-order valence-electron chi connectivity index (χ1n) is 10.4. The van der Waals surface area contributed by atoms with Crippen LogP contribution in [0.1, 0.15) is 12.5 Å². The predicted molar refractivity (Wildman–Crippen MR) is 137 cm³/mol. The van der Waals surface area contributed by atoms with E-state index in [9.17, 15) is 0 Å². The molecule has 1 unspecified atom stereocenters. The Morgan fingerprint density at radius 1 is 0.567 bits per heavy atom. The second-order valence-corrected chi connectivity index (χ2v) is 11.5. The van der Waals surface area contributed by atoms with Gasteiger partial charge in [-0.15, -0.1) is 0 Å². The summed E-state index contributed by atoms with van der Waals surface area (Å²) in [5.74, 6) is 2.58. The molecule has 4 rings (SSSR count). The summed E-state index contributed by atoms with van der Waals surface area (Å²) in [6.45, 7) is 2.32. The first kappa shape index (κ1) is 20.7. The minimum Gasteiger partial charge on any atom is -0.0622 e. The SMILES string of the molecule is CCP(/C(=C\P(c1ccccc1)c1ccccc1)c1ccccc1)c1ccccc1. The quantitative estimate of drug-likeness (QED) is 0.282. The van der Waals surface area contributed by atoms with Crippen molar-refractivity contribution in [1.29, 1.82) is 0 Å². The molecule has 0 saturated heterocycles. The van der Waals surface area contributed by atoms with E-state index in [2.05, 4.69) is 134 Å². The van der Waals surface area contributed by atoms with Crippen LogP contribution in [0.3, 0.4) is 0 Å². The van der Waals surface area contributed by atoms with Crippen LogP contribution in [-0.2, 0) is 0 Å². The molecule has 148 valence electrons. The molecule has 2 heteroatoms. The normalized spacial score (nSPS) is 12.7. The van der Waals surface area contributed by atoms with Crippen molar-refractivity contribution in [2.24, 2.45) is 0 Å². The van der Waals surface area contributed by atoms with E-state index in [0.717, 1.165) is 6.16 Å². The molecule has 4 aromatic carbocycles. The molecule has 0 radical (unpaired) electrons. The molecule has 0 saturated carbocycles. The van der Waals surface area contributed by atoms with Crippen molar-refractivity contribution in [2.75, 3.05) is 6.16 Å². The molecule has 4 aromatic rings. The fourth-order valence-electron chi connectivity index (χ4n) is 3.61. The van der Waals surface area contributed by atoms with Crippen LogP contribution in [0.15, 0.2) is 127 Å². The fourth-order valence-corrected chi connectivity index (χ4v) is 8.46. The van der Waals surface area contributed by atoms with E-state index in [-0.39, 0.29) is 0 Å². The van der Waals surface area contributed by atoms with Gasteiger partial charge in [-0.2, -0.15) is 0 Å². The third kappa shape index (κ3) is 4.96. The van der Waals surface area contributed by atoms with Crippen LogP contribution in [0.2, 0.25) is 0 Å². The molecule has 0 aliphatic carbocycles. The lowest BCUT2D eigenvalue weighted by molar-refractivity contribution is 1.50. The zero-order valence-electron chi connectivity index (χ0n) is 17.2. The number of rotatable bonds is 7. The van der Waals surface area contributed by atoms with E-state index in [1.165, 1.54) is 26.8 Å². The highest BCUT2D eigenvalue weighted by atomic mass is 31.1. The molecule has 1 atom stereocenters. The van der Waals surface area contributed by atoms with Gasteiger partial charge in [0.25, 0.3) is 0 Å². The fraction of sp³-hybridized carbons (Fsp3) is 0.0714. The Morgan fingerprint density at radius 3 is 1.40 bits per heavy atom. The maximum atomic E-state index is 2.58.